The third-order valence-electron chi connectivity index (χ3n) is 1.67. The van der Waals surface area contributed by atoms with Gasteiger partial charge in [-0.1, -0.05) is 0 Å². The molecule has 0 N–H and O–H groups in total. The number of hydrogen-bond acceptors (Lipinski definition) is 3. The van der Waals surface area contributed by atoms with Crippen molar-refractivity contribution in [2.75, 3.05) is 0 Å². The van der Waals surface area contributed by atoms with Crippen LogP contribution in [0.4, 0.5) is 0 Å². The first-order valence-electron chi connectivity index (χ1n) is 4.64. The molecule has 6 heteroatoms. The number of nitrogens with zero attached hydrogens (tertiary/aromatic N) is 1. The molecule has 4 nitrogen and oxygen atoms in total. The fraction of sp³-hybridized carbons (Fsp3) is 0.400. The first-order chi connectivity index (χ1) is 7.40. The molecule has 0 aliphatic heterocycles. The third-order valence-corrected chi connectivity index (χ3v) is 3.21. The lowest BCUT2D eigenvalue weighted by atomic mass is 10.4. The molecule has 0 atom stereocenters. The van der Waals surface area contributed by atoms with E-state index in [1.54, 1.807) is 30.8 Å². The molecule has 1 heterocycles. The van der Waals surface area contributed by atoms with Crippen molar-refractivity contribution in [1.82, 2.24) is 4.57 Å². The van der Waals surface area contributed by atoms with Crippen LogP contribution < -0.4 is 5.43 Å². The summed E-state index contributed by atoms with van der Waals surface area (Å²) in [5.41, 5.74) is -0.00493. The molecule has 0 unspecified atom stereocenters. The van der Waals surface area contributed by atoms with Gasteiger partial charge in [-0.2, -0.15) is 0 Å². The molecule has 88 valence electrons. The van der Waals surface area contributed by atoms with Gasteiger partial charge in [-0.05, 0) is 59.0 Å². The monoisotopic (exact) mass is 447 g/mol. The standard InChI is InChI=1S/C10H11I2NO3/c1-6(2)16-9(14)5-13-3-7(11)10(15)8(12)4-13/h3-4,6H,5H2,1-2H3. The summed E-state index contributed by atoms with van der Waals surface area (Å²) < 4.78 is 7.88. The highest BCUT2D eigenvalue weighted by Crippen LogP contribution is 2.04. The summed E-state index contributed by atoms with van der Waals surface area (Å²) in [5.74, 6) is -0.301. The van der Waals surface area contributed by atoms with Crippen LogP contribution in [0, 0.1) is 7.14 Å². The van der Waals surface area contributed by atoms with Crippen molar-refractivity contribution in [3.05, 3.63) is 29.8 Å². The number of rotatable bonds is 3. The molecule has 1 aromatic heterocycles. The first-order valence-corrected chi connectivity index (χ1v) is 6.80. The summed E-state index contributed by atoms with van der Waals surface area (Å²) in [7, 11) is 0. The Morgan fingerprint density at radius 1 is 1.38 bits per heavy atom. The molecule has 0 saturated heterocycles. The molecule has 0 spiro atoms. The second-order valence-electron chi connectivity index (χ2n) is 3.49. The number of aromatic nitrogens is 1. The van der Waals surface area contributed by atoms with Gasteiger partial charge >= 0.3 is 5.97 Å². The number of halogens is 2. The highest BCUT2D eigenvalue weighted by molar-refractivity contribution is 14.1. The van der Waals surface area contributed by atoms with Crippen LogP contribution in [-0.2, 0) is 16.1 Å². The van der Waals surface area contributed by atoms with Gasteiger partial charge in [-0.25, -0.2) is 0 Å². The Morgan fingerprint density at radius 2 is 1.88 bits per heavy atom. The van der Waals surface area contributed by atoms with E-state index in [4.69, 9.17) is 4.74 Å². The summed E-state index contributed by atoms with van der Waals surface area (Å²) in [6, 6.07) is 0. The Labute approximate surface area is 121 Å². The minimum Gasteiger partial charge on any atom is -0.462 e. The van der Waals surface area contributed by atoms with Crippen molar-refractivity contribution >= 4 is 51.2 Å². The van der Waals surface area contributed by atoms with Crippen LogP contribution in [0.1, 0.15) is 13.8 Å². The van der Waals surface area contributed by atoms with Gasteiger partial charge in [0.05, 0.1) is 13.2 Å². The molecule has 0 fully saturated rings. The van der Waals surface area contributed by atoms with Gasteiger partial charge in [-0.3, -0.25) is 9.59 Å². The minimum absolute atomic E-state index is 0.00493. The number of ether oxygens (including phenoxy) is 1. The van der Waals surface area contributed by atoms with Crippen molar-refractivity contribution in [3.8, 4) is 0 Å². The number of esters is 1. The molecular formula is C10H11I2NO3. The molecule has 0 bridgehead atoms. The highest BCUT2D eigenvalue weighted by atomic mass is 127. The summed E-state index contributed by atoms with van der Waals surface area (Å²) in [6.07, 6.45) is 3.17. The zero-order valence-electron chi connectivity index (χ0n) is 8.87. The Kier molecular flexibility index (Phi) is 5.22. The van der Waals surface area contributed by atoms with E-state index in [0.717, 1.165) is 0 Å². The average Bonchev–Trinajstić information content (AvgIpc) is 2.12. The van der Waals surface area contributed by atoms with Crippen LogP contribution >= 0.6 is 45.2 Å². The van der Waals surface area contributed by atoms with E-state index in [1.807, 2.05) is 45.2 Å². The molecule has 1 rings (SSSR count). The number of carbonyl (C=O) groups is 1. The quantitative estimate of drug-likeness (QED) is 0.527. The largest absolute Gasteiger partial charge is 0.462 e. The smallest absolute Gasteiger partial charge is 0.326 e. The number of hydrogen-bond donors (Lipinski definition) is 0. The molecule has 0 aliphatic rings. The maximum Gasteiger partial charge on any atom is 0.326 e. The van der Waals surface area contributed by atoms with Gasteiger partial charge in [0.2, 0.25) is 5.43 Å². The first kappa shape index (κ1) is 13.9. The fourth-order valence-electron chi connectivity index (χ4n) is 1.10. The van der Waals surface area contributed by atoms with Gasteiger partial charge < -0.3 is 9.30 Å². The minimum atomic E-state index is -0.301. The van der Waals surface area contributed by atoms with Gasteiger partial charge in [0, 0.05) is 12.4 Å². The second-order valence-corrected chi connectivity index (χ2v) is 5.82. The van der Waals surface area contributed by atoms with E-state index in [1.165, 1.54) is 0 Å². The Bertz CT molecular complexity index is 428. The lowest BCUT2D eigenvalue weighted by Crippen LogP contribution is -2.20. The Morgan fingerprint density at radius 3 is 2.31 bits per heavy atom. The van der Waals surface area contributed by atoms with Crippen molar-refractivity contribution in [3.63, 3.8) is 0 Å². The zero-order valence-corrected chi connectivity index (χ0v) is 13.2. The van der Waals surface area contributed by atoms with E-state index in [2.05, 4.69) is 0 Å². The van der Waals surface area contributed by atoms with Crippen molar-refractivity contribution in [2.45, 2.75) is 26.5 Å². The third kappa shape index (κ3) is 4.04. The Balaban J connectivity index is 2.83. The molecule has 16 heavy (non-hydrogen) atoms. The van der Waals surface area contributed by atoms with Crippen molar-refractivity contribution in [2.24, 2.45) is 0 Å². The van der Waals surface area contributed by atoms with Crippen LogP contribution in [0.25, 0.3) is 0 Å². The molecule has 0 saturated carbocycles. The maximum atomic E-state index is 11.4. The molecule has 1 aromatic rings. The zero-order chi connectivity index (χ0) is 12.3. The van der Waals surface area contributed by atoms with Crippen LogP contribution in [0.3, 0.4) is 0 Å². The van der Waals surface area contributed by atoms with Gasteiger partial charge in [-0.15, -0.1) is 0 Å². The van der Waals surface area contributed by atoms with Gasteiger partial charge in [0.25, 0.3) is 0 Å². The van der Waals surface area contributed by atoms with Crippen LogP contribution in [0.15, 0.2) is 17.2 Å². The second kappa shape index (κ2) is 5.99. The molecular weight excluding hydrogens is 436 g/mol. The van der Waals surface area contributed by atoms with Crippen molar-refractivity contribution in [1.29, 1.82) is 0 Å². The predicted octanol–water partition coefficient (Wildman–Crippen LogP) is 2.01. The SMILES string of the molecule is CC(C)OC(=O)Cn1cc(I)c(=O)c(I)c1. The summed E-state index contributed by atoms with van der Waals surface area (Å²) in [4.78, 5) is 22.8. The average molecular weight is 447 g/mol. The molecule has 0 amide bonds. The molecule has 0 aliphatic carbocycles. The van der Waals surface area contributed by atoms with Crippen LogP contribution in [0.2, 0.25) is 0 Å². The van der Waals surface area contributed by atoms with Crippen LogP contribution in [-0.4, -0.2) is 16.6 Å². The summed E-state index contributed by atoms with van der Waals surface area (Å²) >= 11 is 3.92. The van der Waals surface area contributed by atoms with E-state index >= 15 is 0 Å². The van der Waals surface area contributed by atoms with E-state index in [0.29, 0.717) is 7.14 Å². The van der Waals surface area contributed by atoms with Gasteiger partial charge in [0.1, 0.15) is 6.54 Å². The molecule has 0 aromatic carbocycles. The van der Waals surface area contributed by atoms with E-state index < -0.39 is 0 Å². The normalized spacial score (nSPS) is 10.6. The van der Waals surface area contributed by atoms with E-state index in [9.17, 15) is 9.59 Å². The van der Waals surface area contributed by atoms with Gasteiger partial charge in [0.15, 0.2) is 0 Å². The van der Waals surface area contributed by atoms with Crippen molar-refractivity contribution < 1.29 is 9.53 Å². The Hall–Kier alpha value is -0.120. The topological polar surface area (TPSA) is 48.3 Å². The lowest BCUT2D eigenvalue weighted by molar-refractivity contribution is -0.148. The predicted molar refractivity (Wildman–Crippen MR) is 77.4 cm³/mol. The fourth-order valence-corrected chi connectivity index (χ4v) is 2.91. The van der Waals surface area contributed by atoms with Crippen LogP contribution in [0.5, 0.6) is 0 Å². The molecule has 0 radical (unpaired) electrons. The summed E-state index contributed by atoms with van der Waals surface area (Å²) in [6.45, 7) is 3.73. The highest BCUT2D eigenvalue weighted by Gasteiger charge is 2.08. The number of pyridine rings is 1. The lowest BCUT2D eigenvalue weighted by Gasteiger charge is -2.10. The summed E-state index contributed by atoms with van der Waals surface area (Å²) in [5, 5.41) is 0. The number of carbonyl (C=O) groups excluding carboxylic acids is 1. The maximum absolute atomic E-state index is 11.4. The van der Waals surface area contributed by atoms with E-state index in [-0.39, 0.29) is 24.0 Å².